The van der Waals surface area contributed by atoms with Crippen molar-refractivity contribution >= 4 is 22.6 Å². The Morgan fingerprint density at radius 3 is 2.67 bits per heavy atom. The molecule has 0 saturated carbocycles. The lowest BCUT2D eigenvalue weighted by atomic mass is 10.1. The second kappa shape index (κ2) is 3.76. The molecule has 9 heavy (non-hydrogen) atoms. The Kier molecular flexibility index (Phi) is 3.26. The average Bonchev–Trinajstić information content (AvgIpc) is 1.90. The Morgan fingerprint density at radius 2 is 2.33 bits per heavy atom. The largest absolute Gasteiger partial charge is 0.377 e. The molecule has 1 aliphatic heterocycles. The molecule has 0 radical (unpaired) electrons. The van der Waals surface area contributed by atoms with Gasteiger partial charge in [0.1, 0.15) is 0 Å². The van der Waals surface area contributed by atoms with Crippen LogP contribution < -0.4 is 0 Å². The highest BCUT2D eigenvalue weighted by Gasteiger charge is 2.17. The van der Waals surface area contributed by atoms with Crippen molar-refractivity contribution in [1.82, 2.24) is 0 Å². The van der Waals surface area contributed by atoms with Crippen LogP contribution in [0.2, 0.25) is 0 Å². The van der Waals surface area contributed by atoms with Crippen LogP contribution >= 0.6 is 22.6 Å². The number of hydrogen-bond acceptors (Lipinski definition) is 1. The molecule has 2 heteroatoms. The van der Waals surface area contributed by atoms with Gasteiger partial charge in [-0.3, -0.25) is 0 Å². The van der Waals surface area contributed by atoms with Crippen LogP contribution in [0.1, 0.15) is 26.2 Å². The van der Waals surface area contributed by atoms with Crippen molar-refractivity contribution in [3.8, 4) is 0 Å². The maximum atomic E-state index is 5.53. The molecule has 0 amide bonds. The van der Waals surface area contributed by atoms with E-state index in [9.17, 15) is 0 Å². The van der Waals surface area contributed by atoms with E-state index >= 15 is 0 Å². The monoisotopic (exact) mass is 240 g/mol. The van der Waals surface area contributed by atoms with Crippen LogP contribution in [-0.2, 0) is 4.74 Å². The lowest BCUT2D eigenvalue weighted by molar-refractivity contribution is 0.0204. The topological polar surface area (TPSA) is 9.23 Å². The molecule has 1 rings (SSSR count). The average molecular weight is 240 g/mol. The number of halogens is 1. The van der Waals surface area contributed by atoms with Crippen molar-refractivity contribution in [3.63, 3.8) is 0 Å². The molecular formula is C7H13IO. The Hall–Kier alpha value is 0.690. The Morgan fingerprint density at radius 1 is 1.56 bits per heavy atom. The fourth-order valence-corrected chi connectivity index (χ4v) is 1.70. The molecular weight excluding hydrogens is 227 g/mol. The third-order valence-corrected chi connectivity index (χ3v) is 2.53. The molecule has 54 valence electrons. The predicted octanol–water partition coefficient (Wildman–Crippen LogP) is 2.38. The third-order valence-electron chi connectivity index (χ3n) is 1.73. The van der Waals surface area contributed by atoms with Crippen molar-refractivity contribution < 1.29 is 4.74 Å². The van der Waals surface area contributed by atoms with Crippen molar-refractivity contribution in [1.29, 1.82) is 0 Å². The molecule has 0 aromatic carbocycles. The maximum absolute atomic E-state index is 5.53. The van der Waals surface area contributed by atoms with E-state index in [1.807, 2.05) is 0 Å². The van der Waals surface area contributed by atoms with E-state index in [1.165, 1.54) is 19.3 Å². The fourth-order valence-electron chi connectivity index (χ4n) is 1.13. The van der Waals surface area contributed by atoms with Crippen molar-refractivity contribution in [2.45, 2.75) is 36.2 Å². The van der Waals surface area contributed by atoms with Crippen LogP contribution in [0.3, 0.4) is 0 Å². The molecule has 0 bridgehead atoms. The third kappa shape index (κ3) is 2.42. The first-order valence-corrected chi connectivity index (χ1v) is 4.81. The molecule has 1 nitrogen and oxygen atoms in total. The molecule has 0 spiro atoms. The molecule has 1 saturated heterocycles. The lowest BCUT2D eigenvalue weighted by Gasteiger charge is -2.24. The minimum absolute atomic E-state index is 0.541. The van der Waals surface area contributed by atoms with E-state index in [4.69, 9.17) is 4.74 Å². The molecule has 0 aliphatic carbocycles. The summed E-state index contributed by atoms with van der Waals surface area (Å²) in [5.41, 5.74) is 0. The van der Waals surface area contributed by atoms with E-state index in [-0.39, 0.29) is 0 Å². The SMILES string of the molecule is CC(I)C1CCCCO1. The zero-order chi connectivity index (χ0) is 6.69. The summed E-state index contributed by atoms with van der Waals surface area (Å²) in [4.78, 5) is 0. The smallest absolute Gasteiger partial charge is 0.0689 e. The summed E-state index contributed by atoms with van der Waals surface area (Å²) < 4.78 is 6.22. The zero-order valence-corrected chi connectivity index (χ0v) is 7.93. The molecule has 0 aromatic heterocycles. The molecule has 2 unspecified atom stereocenters. The zero-order valence-electron chi connectivity index (χ0n) is 5.77. The van der Waals surface area contributed by atoms with Gasteiger partial charge in [-0.2, -0.15) is 0 Å². The summed E-state index contributed by atoms with van der Waals surface area (Å²) in [7, 11) is 0. The van der Waals surface area contributed by atoms with Crippen molar-refractivity contribution in [2.75, 3.05) is 6.61 Å². The van der Waals surface area contributed by atoms with Crippen LogP contribution in [0.5, 0.6) is 0 Å². The molecule has 0 aromatic rings. The molecule has 1 fully saturated rings. The van der Waals surface area contributed by atoms with Gasteiger partial charge in [0.05, 0.1) is 6.10 Å². The van der Waals surface area contributed by atoms with Gasteiger partial charge in [-0.25, -0.2) is 0 Å². The first-order chi connectivity index (χ1) is 4.30. The highest BCUT2D eigenvalue weighted by molar-refractivity contribution is 14.1. The van der Waals surface area contributed by atoms with Gasteiger partial charge in [0.2, 0.25) is 0 Å². The maximum Gasteiger partial charge on any atom is 0.0689 e. The normalized spacial score (nSPS) is 32.0. The number of alkyl halides is 1. The first kappa shape index (κ1) is 7.79. The van der Waals surface area contributed by atoms with E-state index < -0.39 is 0 Å². The predicted molar refractivity (Wildman–Crippen MR) is 47.1 cm³/mol. The van der Waals surface area contributed by atoms with Gasteiger partial charge < -0.3 is 4.74 Å². The van der Waals surface area contributed by atoms with Crippen LogP contribution in [0, 0.1) is 0 Å². The summed E-state index contributed by atoms with van der Waals surface area (Å²) in [6.07, 6.45) is 4.43. The summed E-state index contributed by atoms with van der Waals surface area (Å²) in [5.74, 6) is 0. The summed E-state index contributed by atoms with van der Waals surface area (Å²) in [6, 6.07) is 0. The Bertz CT molecular complexity index is 77.0. The van der Waals surface area contributed by atoms with Crippen molar-refractivity contribution in [3.05, 3.63) is 0 Å². The minimum atomic E-state index is 0.541. The van der Waals surface area contributed by atoms with Gasteiger partial charge in [-0.15, -0.1) is 0 Å². The lowest BCUT2D eigenvalue weighted by Crippen LogP contribution is -2.25. The van der Waals surface area contributed by atoms with E-state index in [0.717, 1.165) is 6.61 Å². The summed E-state index contributed by atoms with van der Waals surface area (Å²) in [6.45, 7) is 3.20. The van der Waals surface area contributed by atoms with Crippen LogP contribution in [-0.4, -0.2) is 16.6 Å². The van der Waals surface area contributed by atoms with Gasteiger partial charge in [0.15, 0.2) is 0 Å². The van der Waals surface area contributed by atoms with Gasteiger partial charge in [-0.1, -0.05) is 29.5 Å². The second-order valence-corrected chi connectivity index (χ2v) is 4.55. The summed E-state index contributed by atoms with van der Waals surface area (Å²) >= 11 is 2.44. The fraction of sp³-hybridized carbons (Fsp3) is 1.00. The quantitative estimate of drug-likeness (QED) is 0.505. The van der Waals surface area contributed by atoms with Gasteiger partial charge in [0.25, 0.3) is 0 Å². The van der Waals surface area contributed by atoms with Crippen LogP contribution in [0.25, 0.3) is 0 Å². The second-order valence-electron chi connectivity index (χ2n) is 2.58. The number of rotatable bonds is 1. The van der Waals surface area contributed by atoms with E-state index in [0.29, 0.717) is 10.0 Å². The Labute approximate surface area is 70.3 Å². The summed E-state index contributed by atoms with van der Waals surface area (Å²) in [5, 5.41) is 0. The highest BCUT2D eigenvalue weighted by atomic mass is 127. The van der Waals surface area contributed by atoms with Crippen LogP contribution in [0.15, 0.2) is 0 Å². The van der Waals surface area contributed by atoms with E-state index in [2.05, 4.69) is 29.5 Å². The molecule has 0 N–H and O–H groups in total. The van der Waals surface area contributed by atoms with Gasteiger partial charge >= 0.3 is 0 Å². The molecule has 2 atom stereocenters. The molecule has 1 aliphatic rings. The minimum Gasteiger partial charge on any atom is -0.377 e. The van der Waals surface area contributed by atoms with Crippen molar-refractivity contribution in [2.24, 2.45) is 0 Å². The van der Waals surface area contributed by atoms with Gasteiger partial charge in [-0.05, 0) is 19.3 Å². The van der Waals surface area contributed by atoms with Crippen LogP contribution in [0.4, 0.5) is 0 Å². The molecule has 1 heterocycles. The first-order valence-electron chi connectivity index (χ1n) is 3.56. The Balaban J connectivity index is 2.23. The number of hydrogen-bond donors (Lipinski definition) is 0. The number of ether oxygens (including phenoxy) is 1. The highest BCUT2D eigenvalue weighted by Crippen LogP contribution is 2.19. The van der Waals surface area contributed by atoms with E-state index in [1.54, 1.807) is 0 Å². The standard InChI is InChI=1S/C7H13IO/c1-6(8)7-4-2-3-5-9-7/h6-7H,2-5H2,1H3. The van der Waals surface area contributed by atoms with Gasteiger partial charge in [0, 0.05) is 10.5 Å².